The van der Waals surface area contributed by atoms with E-state index in [2.05, 4.69) is 29.5 Å². The lowest BCUT2D eigenvalue weighted by molar-refractivity contribution is 0.177. The molecule has 26 heavy (non-hydrogen) atoms. The molecule has 4 atom stereocenters. The van der Waals surface area contributed by atoms with Gasteiger partial charge in [0.25, 0.3) is 0 Å². The maximum absolute atomic E-state index is 12.0. The zero-order valence-electron chi connectivity index (χ0n) is 15.6. The molecule has 6 heteroatoms. The molecule has 138 valence electrons. The molecule has 2 aromatic rings. The zero-order chi connectivity index (χ0) is 18.8. The first-order valence-corrected chi connectivity index (χ1v) is 9.25. The quantitative estimate of drug-likeness (QED) is 0.745. The number of hydrogen-bond acceptors (Lipinski definition) is 3. The number of nitrogens with zero attached hydrogens (tertiary/aromatic N) is 2. The number of benzene rings is 1. The normalized spacial score (nSPS) is 21.0. The van der Waals surface area contributed by atoms with Crippen LogP contribution < -0.4 is 11.1 Å². The molecule has 1 aromatic carbocycles. The molecular weight excluding hydrogens is 326 g/mol. The van der Waals surface area contributed by atoms with Crippen molar-refractivity contribution in [2.24, 2.45) is 11.7 Å². The van der Waals surface area contributed by atoms with Gasteiger partial charge < -0.3 is 20.9 Å². The van der Waals surface area contributed by atoms with Crippen LogP contribution in [0.4, 0.5) is 4.79 Å². The molecule has 0 saturated heterocycles. The number of aromatic amines is 1. The first kappa shape index (κ1) is 18.3. The Kier molecular flexibility index (Phi) is 5.19. The Labute approximate surface area is 154 Å². The second-order valence-corrected chi connectivity index (χ2v) is 7.21. The lowest BCUT2D eigenvalue weighted by Gasteiger charge is -2.29. The Morgan fingerprint density at radius 3 is 2.96 bits per heavy atom. The van der Waals surface area contributed by atoms with Crippen molar-refractivity contribution in [2.45, 2.75) is 44.7 Å². The number of aromatic nitrogens is 1. The molecule has 6 nitrogen and oxygen atoms in total. The van der Waals surface area contributed by atoms with Gasteiger partial charge in [-0.25, -0.2) is 4.79 Å². The number of nitrogens with two attached hydrogens (primary N) is 1. The molecule has 1 fully saturated rings. The van der Waals surface area contributed by atoms with Crippen LogP contribution in [0.2, 0.25) is 0 Å². The fourth-order valence-corrected chi connectivity index (χ4v) is 4.06. The Morgan fingerprint density at radius 1 is 1.54 bits per heavy atom. The van der Waals surface area contributed by atoms with Crippen molar-refractivity contribution in [3.05, 3.63) is 35.5 Å². The van der Waals surface area contributed by atoms with Crippen LogP contribution in [0.1, 0.15) is 43.7 Å². The van der Waals surface area contributed by atoms with E-state index in [-0.39, 0.29) is 18.1 Å². The Bertz CT molecular complexity index is 836. The predicted octanol–water partition coefficient (Wildman–Crippen LogP) is 2.91. The highest BCUT2D eigenvalue weighted by molar-refractivity contribution is 5.85. The van der Waals surface area contributed by atoms with Crippen LogP contribution in [0.3, 0.4) is 0 Å². The fourth-order valence-electron chi connectivity index (χ4n) is 4.06. The van der Waals surface area contributed by atoms with Gasteiger partial charge in [0.15, 0.2) is 0 Å². The van der Waals surface area contributed by atoms with E-state index in [9.17, 15) is 4.79 Å². The first-order chi connectivity index (χ1) is 12.5. The second-order valence-electron chi connectivity index (χ2n) is 7.21. The largest absolute Gasteiger partial charge is 0.361 e. The first-order valence-electron chi connectivity index (χ1n) is 9.25. The van der Waals surface area contributed by atoms with Crippen LogP contribution in [-0.4, -0.2) is 41.6 Å². The molecule has 1 aromatic heterocycles. The van der Waals surface area contributed by atoms with E-state index in [1.54, 1.807) is 7.05 Å². The van der Waals surface area contributed by atoms with Gasteiger partial charge in [-0.3, -0.25) is 0 Å². The summed E-state index contributed by atoms with van der Waals surface area (Å²) in [6.07, 6.45) is 3.90. The molecule has 3 rings (SSSR count). The van der Waals surface area contributed by atoms with Gasteiger partial charge in [-0.2, -0.15) is 5.26 Å². The standard InChI is InChI=1S/C20H27N5O/c1-4-25(20(26)23-3)12(2)7-18(22)15-9-14(15)17-11-24-19-6-5-13(10-21)8-16(17)19/h5-6,8,11-12,14-15,18,24H,4,7,9,22H2,1-3H3,(H,23,26)/t12-,14?,15?,18?/m0/s1. The SMILES string of the molecule is CCN(C(=O)NC)[C@@H](C)CC(N)C1CC1c1c[nH]c2ccc(C#N)cc12. The highest BCUT2D eigenvalue weighted by Gasteiger charge is 2.44. The third-order valence-corrected chi connectivity index (χ3v) is 5.59. The van der Waals surface area contributed by atoms with Crippen LogP contribution in [0.15, 0.2) is 24.4 Å². The topological polar surface area (TPSA) is 97.9 Å². The average molecular weight is 353 g/mol. The maximum atomic E-state index is 12.0. The Balaban J connectivity index is 1.68. The van der Waals surface area contributed by atoms with E-state index in [1.165, 1.54) is 5.56 Å². The molecule has 3 unspecified atom stereocenters. The number of nitrogens with one attached hydrogen (secondary N) is 2. The summed E-state index contributed by atoms with van der Waals surface area (Å²) < 4.78 is 0. The average Bonchev–Trinajstić information content (AvgIpc) is 3.33. The van der Waals surface area contributed by atoms with Crippen molar-refractivity contribution in [3.8, 4) is 6.07 Å². The van der Waals surface area contributed by atoms with Gasteiger partial charge in [-0.15, -0.1) is 0 Å². The summed E-state index contributed by atoms with van der Waals surface area (Å²) in [7, 11) is 1.65. The molecule has 2 amide bonds. The van der Waals surface area contributed by atoms with Crippen molar-refractivity contribution >= 4 is 16.9 Å². The lowest BCUT2D eigenvalue weighted by atomic mass is 9.99. The Morgan fingerprint density at radius 2 is 2.31 bits per heavy atom. The Hall–Kier alpha value is -2.52. The summed E-state index contributed by atoms with van der Waals surface area (Å²) in [5.74, 6) is 0.848. The van der Waals surface area contributed by atoms with Gasteiger partial charge in [-0.05, 0) is 62.3 Å². The number of carbonyl (C=O) groups excluding carboxylic acids is 1. The summed E-state index contributed by atoms with van der Waals surface area (Å²) in [4.78, 5) is 17.1. The van der Waals surface area contributed by atoms with Crippen molar-refractivity contribution in [2.75, 3.05) is 13.6 Å². The molecule has 1 heterocycles. The van der Waals surface area contributed by atoms with Gasteiger partial charge in [0.2, 0.25) is 0 Å². The van der Waals surface area contributed by atoms with Gasteiger partial charge >= 0.3 is 6.03 Å². The minimum atomic E-state index is -0.0554. The molecule has 0 aliphatic heterocycles. The van der Waals surface area contributed by atoms with Gasteiger partial charge in [0, 0.05) is 42.8 Å². The molecular formula is C20H27N5O. The molecule has 1 aliphatic carbocycles. The molecule has 1 aliphatic rings. The number of nitriles is 1. The summed E-state index contributed by atoms with van der Waals surface area (Å²) >= 11 is 0. The number of fused-ring (bicyclic) bond motifs is 1. The minimum Gasteiger partial charge on any atom is -0.361 e. The molecule has 0 bridgehead atoms. The van der Waals surface area contributed by atoms with Crippen molar-refractivity contribution < 1.29 is 4.79 Å². The van der Waals surface area contributed by atoms with Crippen LogP contribution in [0.25, 0.3) is 10.9 Å². The second kappa shape index (κ2) is 7.38. The third kappa shape index (κ3) is 3.40. The number of amides is 2. The van der Waals surface area contributed by atoms with Crippen LogP contribution in [0, 0.1) is 17.2 Å². The number of carbonyl (C=O) groups is 1. The van der Waals surface area contributed by atoms with E-state index >= 15 is 0 Å². The van der Waals surface area contributed by atoms with Crippen molar-refractivity contribution in [1.82, 2.24) is 15.2 Å². The summed E-state index contributed by atoms with van der Waals surface area (Å²) in [6.45, 7) is 4.71. The van der Waals surface area contributed by atoms with E-state index in [0.29, 0.717) is 23.9 Å². The molecule has 0 spiro atoms. The summed E-state index contributed by atoms with van der Waals surface area (Å²) in [6, 6.07) is 8.05. The number of H-pyrrole nitrogens is 1. The van der Waals surface area contributed by atoms with Gasteiger partial charge in [0.05, 0.1) is 11.6 Å². The third-order valence-electron chi connectivity index (χ3n) is 5.59. The highest BCUT2D eigenvalue weighted by Crippen LogP contribution is 2.51. The van der Waals surface area contributed by atoms with Crippen LogP contribution in [-0.2, 0) is 0 Å². The monoisotopic (exact) mass is 353 g/mol. The fraction of sp³-hybridized carbons (Fsp3) is 0.500. The smallest absolute Gasteiger partial charge is 0.317 e. The molecule has 4 N–H and O–H groups in total. The number of urea groups is 1. The molecule has 0 radical (unpaired) electrons. The van der Waals surface area contributed by atoms with Crippen molar-refractivity contribution in [3.63, 3.8) is 0 Å². The van der Waals surface area contributed by atoms with E-state index in [0.717, 1.165) is 23.7 Å². The van der Waals surface area contributed by atoms with E-state index in [1.807, 2.05) is 30.0 Å². The van der Waals surface area contributed by atoms with Gasteiger partial charge in [0.1, 0.15) is 0 Å². The summed E-state index contributed by atoms with van der Waals surface area (Å²) in [5, 5.41) is 13.0. The van der Waals surface area contributed by atoms with E-state index < -0.39 is 0 Å². The van der Waals surface area contributed by atoms with Crippen LogP contribution >= 0.6 is 0 Å². The van der Waals surface area contributed by atoms with E-state index in [4.69, 9.17) is 11.0 Å². The maximum Gasteiger partial charge on any atom is 0.317 e. The van der Waals surface area contributed by atoms with Crippen molar-refractivity contribution in [1.29, 1.82) is 5.26 Å². The minimum absolute atomic E-state index is 0.0535. The predicted molar refractivity (Wildman–Crippen MR) is 103 cm³/mol. The zero-order valence-corrected chi connectivity index (χ0v) is 15.6. The van der Waals surface area contributed by atoms with Gasteiger partial charge in [-0.1, -0.05) is 0 Å². The lowest BCUT2D eigenvalue weighted by Crippen LogP contribution is -2.46. The van der Waals surface area contributed by atoms with Crippen LogP contribution in [0.5, 0.6) is 0 Å². The number of hydrogen-bond donors (Lipinski definition) is 3. The number of rotatable bonds is 6. The summed E-state index contributed by atoms with van der Waals surface area (Å²) in [5.41, 5.74) is 9.48. The highest BCUT2D eigenvalue weighted by atomic mass is 16.2. The molecule has 1 saturated carbocycles.